The van der Waals surface area contributed by atoms with E-state index in [1.54, 1.807) is 12.1 Å². The Bertz CT molecular complexity index is 542. The van der Waals surface area contributed by atoms with Crippen molar-refractivity contribution in [3.8, 4) is 0 Å². The monoisotopic (exact) mass is 252 g/mol. The maximum absolute atomic E-state index is 11.0. The molecular formula is C10H12N4O2S. The molecule has 1 aromatic rings. The third kappa shape index (κ3) is 4.69. The molecular weight excluding hydrogens is 240 g/mol. The van der Waals surface area contributed by atoms with Crippen molar-refractivity contribution < 1.29 is 8.42 Å². The van der Waals surface area contributed by atoms with Gasteiger partial charge in [-0.15, -0.1) is 0 Å². The number of benzene rings is 1. The minimum absolute atomic E-state index is 0.0868. The average molecular weight is 252 g/mol. The molecule has 1 rings (SSSR count). The van der Waals surface area contributed by atoms with Gasteiger partial charge in [-0.25, -0.2) is 13.6 Å². The standard InChI is InChI=1S/C10H12N4O2S/c11-14-13-8-2-1-3-9-4-6-10(7-5-9)17(12,15)16/h1,3-7H,2,8H2,(H2,12,15,16). The van der Waals surface area contributed by atoms with E-state index < -0.39 is 10.0 Å². The van der Waals surface area contributed by atoms with E-state index in [0.717, 1.165) is 5.56 Å². The van der Waals surface area contributed by atoms with Gasteiger partial charge in [-0.05, 0) is 29.6 Å². The fraction of sp³-hybridized carbons (Fsp3) is 0.200. The van der Waals surface area contributed by atoms with Crippen LogP contribution < -0.4 is 5.14 Å². The highest BCUT2D eigenvalue weighted by atomic mass is 32.2. The van der Waals surface area contributed by atoms with Crippen LogP contribution >= 0.6 is 0 Å². The minimum Gasteiger partial charge on any atom is -0.225 e. The summed E-state index contributed by atoms with van der Waals surface area (Å²) < 4.78 is 22.0. The zero-order chi connectivity index (χ0) is 12.7. The number of hydrogen-bond acceptors (Lipinski definition) is 3. The molecule has 0 saturated carbocycles. The second-order valence-corrected chi connectivity index (χ2v) is 4.82. The van der Waals surface area contributed by atoms with Crippen LogP contribution in [0.2, 0.25) is 0 Å². The summed E-state index contributed by atoms with van der Waals surface area (Å²) in [5.41, 5.74) is 8.91. The van der Waals surface area contributed by atoms with E-state index in [0.29, 0.717) is 13.0 Å². The smallest absolute Gasteiger partial charge is 0.225 e. The van der Waals surface area contributed by atoms with Crippen LogP contribution in [0.1, 0.15) is 12.0 Å². The molecule has 0 heterocycles. The van der Waals surface area contributed by atoms with Gasteiger partial charge in [0.05, 0.1) is 4.90 Å². The highest BCUT2D eigenvalue weighted by Crippen LogP contribution is 2.10. The van der Waals surface area contributed by atoms with Gasteiger partial charge in [-0.3, -0.25) is 0 Å². The maximum Gasteiger partial charge on any atom is 0.238 e. The van der Waals surface area contributed by atoms with Crippen molar-refractivity contribution in [1.82, 2.24) is 0 Å². The van der Waals surface area contributed by atoms with E-state index in [4.69, 9.17) is 10.7 Å². The molecule has 0 aromatic heterocycles. The van der Waals surface area contributed by atoms with Gasteiger partial charge in [0.1, 0.15) is 0 Å². The molecule has 0 radical (unpaired) electrons. The summed E-state index contributed by atoms with van der Waals surface area (Å²) >= 11 is 0. The van der Waals surface area contributed by atoms with Gasteiger partial charge in [0, 0.05) is 11.5 Å². The summed E-state index contributed by atoms with van der Waals surface area (Å²) in [5, 5.41) is 8.35. The van der Waals surface area contributed by atoms with Crippen molar-refractivity contribution in [3.05, 3.63) is 46.3 Å². The van der Waals surface area contributed by atoms with Crippen molar-refractivity contribution >= 4 is 16.1 Å². The predicted molar refractivity (Wildman–Crippen MR) is 65.5 cm³/mol. The Balaban J connectivity index is 2.66. The molecule has 2 N–H and O–H groups in total. The molecule has 0 saturated heterocycles. The van der Waals surface area contributed by atoms with Crippen LogP contribution in [0.5, 0.6) is 0 Å². The second kappa shape index (κ2) is 6.05. The molecule has 0 aliphatic carbocycles. The molecule has 0 aliphatic rings. The Morgan fingerprint density at radius 1 is 1.35 bits per heavy atom. The number of primary sulfonamides is 1. The van der Waals surface area contributed by atoms with Gasteiger partial charge in [-0.1, -0.05) is 29.4 Å². The molecule has 17 heavy (non-hydrogen) atoms. The molecule has 0 spiro atoms. The van der Waals surface area contributed by atoms with Crippen LogP contribution in [0.15, 0.2) is 40.4 Å². The van der Waals surface area contributed by atoms with E-state index in [2.05, 4.69) is 10.0 Å². The first-order valence-corrected chi connectivity index (χ1v) is 6.39. The van der Waals surface area contributed by atoms with Crippen molar-refractivity contribution in [2.75, 3.05) is 6.54 Å². The third-order valence-electron chi connectivity index (χ3n) is 1.98. The number of hydrogen-bond donors (Lipinski definition) is 1. The number of nitrogens with zero attached hydrogens (tertiary/aromatic N) is 3. The summed E-state index contributed by atoms with van der Waals surface area (Å²) in [6, 6.07) is 6.21. The number of nitrogens with two attached hydrogens (primary N) is 1. The minimum atomic E-state index is -3.63. The molecule has 0 aliphatic heterocycles. The van der Waals surface area contributed by atoms with Crippen LogP contribution in [-0.2, 0) is 10.0 Å². The number of rotatable bonds is 5. The first-order chi connectivity index (χ1) is 8.04. The van der Waals surface area contributed by atoms with E-state index in [-0.39, 0.29) is 4.90 Å². The van der Waals surface area contributed by atoms with Gasteiger partial charge in [0.15, 0.2) is 0 Å². The summed E-state index contributed by atoms with van der Waals surface area (Å²) in [4.78, 5) is 2.72. The number of azide groups is 1. The van der Waals surface area contributed by atoms with Crippen LogP contribution in [0.25, 0.3) is 16.5 Å². The van der Waals surface area contributed by atoms with Crippen molar-refractivity contribution in [3.63, 3.8) is 0 Å². The Kier molecular flexibility index (Phi) is 4.71. The van der Waals surface area contributed by atoms with E-state index in [9.17, 15) is 8.42 Å². The van der Waals surface area contributed by atoms with E-state index >= 15 is 0 Å². The Morgan fingerprint density at radius 2 is 2.00 bits per heavy atom. The molecule has 0 bridgehead atoms. The fourth-order valence-electron chi connectivity index (χ4n) is 1.17. The lowest BCUT2D eigenvalue weighted by Crippen LogP contribution is -2.11. The van der Waals surface area contributed by atoms with Crippen molar-refractivity contribution in [1.29, 1.82) is 0 Å². The fourth-order valence-corrected chi connectivity index (χ4v) is 1.68. The zero-order valence-electron chi connectivity index (χ0n) is 9.02. The predicted octanol–water partition coefficient (Wildman–Crippen LogP) is 2.05. The Labute approximate surface area is 99.4 Å². The molecule has 7 heteroatoms. The zero-order valence-corrected chi connectivity index (χ0v) is 9.84. The molecule has 0 amide bonds. The van der Waals surface area contributed by atoms with Crippen LogP contribution in [0.4, 0.5) is 0 Å². The van der Waals surface area contributed by atoms with Crippen LogP contribution in [-0.4, -0.2) is 15.0 Å². The lowest BCUT2D eigenvalue weighted by atomic mass is 10.2. The second-order valence-electron chi connectivity index (χ2n) is 3.26. The maximum atomic E-state index is 11.0. The molecule has 0 fully saturated rings. The quantitative estimate of drug-likeness (QED) is 0.374. The molecule has 6 nitrogen and oxygen atoms in total. The van der Waals surface area contributed by atoms with Gasteiger partial charge in [-0.2, -0.15) is 0 Å². The van der Waals surface area contributed by atoms with Gasteiger partial charge in [0.2, 0.25) is 10.0 Å². The summed E-state index contributed by atoms with van der Waals surface area (Å²) in [6.45, 7) is 0.405. The van der Waals surface area contributed by atoms with Crippen molar-refractivity contribution in [2.24, 2.45) is 10.3 Å². The average Bonchev–Trinajstić information content (AvgIpc) is 2.28. The van der Waals surface area contributed by atoms with E-state index in [1.807, 2.05) is 12.2 Å². The van der Waals surface area contributed by atoms with Crippen LogP contribution in [0, 0.1) is 0 Å². The lowest BCUT2D eigenvalue weighted by Gasteiger charge is -1.98. The van der Waals surface area contributed by atoms with Gasteiger partial charge < -0.3 is 0 Å². The summed E-state index contributed by atoms with van der Waals surface area (Å²) in [6.07, 6.45) is 4.31. The topological polar surface area (TPSA) is 109 Å². The summed E-state index contributed by atoms with van der Waals surface area (Å²) in [5.74, 6) is 0. The molecule has 1 aromatic carbocycles. The number of sulfonamides is 1. The first-order valence-electron chi connectivity index (χ1n) is 4.84. The largest absolute Gasteiger partial charge is 0.238 e. The SMILES string of the molecule is [N-]=[N+]=NCCC=Cc1ccc(S(N)(=O)=O)cc1. The summed E-state index contributed by atoms with van der Waals surface area (Å²) in [7, 11) is -3.63. The lowest BCUT2D eigenvalue weighted by molar-refractivity contribution is 0.598. The highest BCUT2D eigenvalue weighted by molar-refractivity contribution is 7.89. The molecule has 90 valence electrons. The highest BCUT2D eigenvalue weighted by Gasteiger charge is 2.05. The van der Waals surface area contributed by atoms with Gasteiger partial charge >= 0.3 is 0 Å². The normalized spacial score (nSPS) is 11.4. The Morgan fingerprint density at radius 3 is 2.53 bits per heavy atom. The Hall–Kier alpha value is -1.82. The third-order valence-corrected chi connectivity index (χ3v) is 2.91. The van der Waals surface area contributed by atoms with Gasteiger partial charge in [0.25, 0.3) is 0 Å². The molecule has 0 unspecified atom stereocenters. The first kappa shape index (κ1) is 13.2. The van der Waals surface area contributed by atoms with Crippen molar-refractivity contribution in [2.45, 2.75) is 11.3 Å². The van der Waals surface area contributed by atoms with E-state index in [1.165, 1.54) is 12.1 Å². The molecule has 0 atom stereocenters. The van der Waals surface area contributed by atoms with Crippen LogP contribution in [0.3, 0.4) is 0 Å².